The van der Waals surface area contributed by atoms with E-state index in [4.69, 9.17) is 4.74 Å². The molecule has 6 nitrogen and oxygen atoms in total. The van der Waals surface area contributed by atoms with Crippen molar-refractivity contribution in [2.75, 3.05) is 19.7 Å². The van der Waals surface area contributed by atoms with Crippen molar-refractivity contribution in [2.24, 2.45) is 13.0 Å². The second kappa shape index (κ2) is 6.94. The predicted molar refractivity (Wildman–Crippen MR) is 82.6 cm³/mol. The molecule has 0 unspecified atom stereocenters. The fourth-order valence-electron chi connectivity index (χ4n) is 2.87. The lowest BCUT2D eigenvalue weighted by molar-refractivity contribution is -0.149. The average molecular weight is 307 g/mol. The summed E-state index contributed by atoms with van der Waals surface area (Å²) in [5, 5.41) is 4.32. The molecule has 1 aliphatic rings. The number of hydrogen-bond donors (Lipinski definition) is 0. The van der Waals surface area contributed by atoms with Crippen LogP contribution in [0.1, 0.15) is 55.7 Å². The van der Waals surface area contributed by atoms with Gasteiger partial charge in [0.05, 0.1) is 12.5 Å². The van der Waals surface area contributed by atoms with Gasteiger partial charge in [-0.25, -0.2) is 0 Å². The molecule has 0 bridgehead atoms. The van der Waals surface area contributed by atoms with Gasteiger partial charge in [0, 0.05) is 25.8 Å². The van der Waals surface area contributed by atoms with E-state index in [0.29, 0.717) is 44.1 Å². The van der Waals surface area contributed by atoms with E-state index < -0.39 is 0 Å². The number of carbonyl (C=O) groups is 2. The minimum atomic E-state index is -0.144. The number of likely N-dealkylation sites (tertiary alicyclic amines) is 1. The zero-order valence-corrected chi connectivity index (χ0v) is 13.8. The van der Waals surface area contributed by atoms with Crippen LogP contribution in [0.4, 0.5) is 0 Å². The molecule has 0 aliphatic carbocycles. The van der Waals surface area contributed by atoms with Crippen LogP contribution in [0.15, 0.2) is 6.07 Å². The molecule has 22 heavy (non-hydrogen) atoms. The second-order valence-electron chi connectivity index (χ2n) is 6.05. The van der Waals surface area contributed by atoms with E-state index in [1.807, 2.05) is 20.0 Å². The summed E-state index contributed by atoms with van der Waals surface area (Å²) in [5.41, 5.74) is 1.53. The van der Waals surface area contributed by atoms with Gasteiger partial charge in [0.2, 0.25) is 0 Å². The van der Waals surface area contributed by atoms with Crippen molar-refractivity contribution in [2.45, 2.75) is 39.5 Å². The SMILES string of the molecule is CCOC(=O)C1CCN(C(=O)c2cc(C(C)C)n(C)n2)CC1. The maximum atomic E-state index is 12.5. The monoisotopic (exact) mass is 307 g/mol. The van der Waals surface area contributed by atoms with Gasteiger partial charge in [-0.05, 0) is 31.7 Å². The lowest BCUT2D eigenvalue weighted by Crippen LogP contribution is -2.40. The highest BCUT2D eigenvalue weighted by Crippen LogP contribution is 2.21. The summed E-state index contributed by atoms with van der Waals surface area (Å²) < 4.78 is 6.82. The Morgan fingerprint density at radius 1 is 1.36 bits per heavy atom. The third kappa shape index (κ3) is 3.48. The number of rotatable bonds is 4. The minimum absolute atomic E-state index is 0.0511. The Labute approximate surface area is 131 Å². The number of ether oxygens (including phenoxy) is 1. The van der Waals surface area contributed by atoms with Gasteiger partial charge in [-0.1, -0.05) is 13.8 Å². The first-order valence-electron chi connectivity index (χ1n) is 7.93. The van der Waals surface area contributed by atoms with Crippen molar-refractivity contribution >= 4 is 11.9 Å². The van der Waals surface area contributed by atoms with Gasteiger partial charge in [-0.15, -0.1) is 0 Å². The number of hydrogen-bond acceptors (Lipinski definition) is 4. The molecule has 1 fully saturated rings. The molecule has 1 aromatic heterocycles. The van der Waals surface area contributed by atoms with E-state index in [0.717, 1.165) is 5.69 Å². The maximum Gasteiger partial charge on any atom is 0.309 e. The fraction of sp³-hybridized carbons (Fsp3) is 0.688. The quantitative estimate of drug-likeness (QED) is 0.798. The number of piperidine rings is 1. The molecule has 2 heterocycles. The normalized spacial score (nSPS) is 16.1. The van der Waals surface area contributed by atoms with Crippen LogP contribution in [0.5, 0.6) is 0 Å². The summed E-state index contributed by atoms with van der Waals surface area (Å²) in [5.74, 6) is 0.0481. The van der Waals surface area contributed by atoms with Crippen molar-refractivity contribution in [3.05, 3.63) is 17.5 Å². The molecule has 0 aromatic carbocycles. The second-order valence-corrected chi connectivity index (χ2v) is 6.05. The molecule has 0 N–H and O–H groups in total. The number of amides is 1. The van der Waals surface area contributed by atoms with Crippen molar-refractivity contribution < 1.29 is 14.3 Å². The molecule has 1 aliphatic heterocycles. The van der Waals surface area contributed by atoms with E-state index in [-0.39, 0.29) is 17.8 Å². The lowest BCUT2D eigenvalue weighted by atomic mass is 9.97. The van der Waals surface area contributed by atoms with Crippen LogP contribution in [0.2, 0.25) is 0 Å². The molecule has 0 atom stereocenters. The van der Waals surface area contributed by atoms with E-state index in [1.54, 1.807) is 9.58 Å². The van der Waals surface area contributed by atoms with E-state index in [9.17, 15) is 9.59 Å². The van der Waals surface area contributed by atoms with E-state index in [2.05, 4.69) is 18.9 Å². The Balaban J connectivity index is 1.98. The molecule has 6 heteroatoms. The predicted octanol–water partition coefficient (Wildman–Crippen LogP) is 1.96. The third-order valence-corrected chi connectivity index (χ3v) is 4.13. The highest BCUT2D eigenvalue weighted by molar-refractivity contribution is 5.92. The molecular formula is C16H25N3O3. The standard InChI is InChI=1S/C16H25N3O3/c1-5-22-16(21)12-6-8-19(9-7-12)15(20)13-10-14(11(2)3)18(4)17-13/h10-12H,5-9H2,1-4H3. The Hall–Kier alpha value is -1.85. The Morgan fingerprint density at radius 3 is 2.50 bits per heavy atom. The van der Waals surface area contributed by atoms with Crippen LogP contribution in [-0.4, -0.2) is 46.3 Å². The van der Waals surface area contributed by atoms with Crippen LogP contribution >= 0.6 is 0 Å². The largest absolute Gasteiger partial charge is 0.466 e. The number of aromatic nitrogens is 2. The van der Waals surface area contributed by atoms with E-state index in [1.165, 1.54) is 0 Å². The van der Waals surface area contributed by atoms with Crippen LogP contribution in [-0.2, 0) is 16.6 Å². The van der Waals surface area contributed by atoms with Crippen molar-refractivity contribution in [1.29, 1.82) is 0 Å². The first-order chi connectivity index (χ1) is 10.4. The summed E-state index contributed by atoms with van der Waals surface area (Å²) in [4.78, 5) is 26.0. The molecule has 1 saturated heterocycles. The Morgan fingerprint density at radius 2 is 2.00 bits per heavy atom. The van der Waals surface area contributed by atoms with Crippen molar-refractivity contribution in [1.82, 2.24) is 14.7 Å². The summed E-state index contributed by atoms with van der Waals surface area (Å²) in [7, 11) is 1.86. The van der Waals surface area contributed by atoms with Crippen molar-refractivity contribution in [3.8, 4) is 0 Å². The molecule has 1 amide bonds. The van der Waals surface area contributed by atoms with Gasteiger partial charge in [-0.2, -0.15) is 5.10 Å². The lowest BCUT2D eigenvalue weighted by Gasteiger charge is -2.30. The summed E-state index contributed by atoms with van der Waals surface area (Å²) in [6, 6.07) is 1.87. The summed E-state index contributed by atoms with van der Waals surface area (Å²) >= 11 is 0. The molecule has 0 spiro atoms. The third-order valence-electron chi connectivity index (χ3n) is 4.13. The topological polar surface area (TPSA) is 64.4 Å². The van der Waals surface area contributed by atoms with Gasteiger partial charge in [0.15, 0.2) is 5.69 Å². The Kier molecular flexibility index (Phi) is 5.21. The van der Waals surface area contributed by atoms with Gasteiger partial charge in [0.25, 0.3) is 5.91 Å². The number of carbonyl (C=O) groups excluding carboxylic acids is 2. The first kappa shape index (κ1) is 16.5. The smallest absolute Gasteiger partial charge is 0.309 e. The van der Waals surface area contributed by atoms with Crippen LogP contribution < -0.4 is 0 Å². The maximum absolute atomic E-state index is 12.5. The van der Waals surface area contributed by atoms with Crippen molar-refractivity contribution in [3.63, 3.8) is 0 Å². The number of esters is 1. The molecule has 122 valence electrons. The first-order valence-corrected chi connectivity index (χ1v) is 7.93. The molecule has 0 radical (unpaired) electrons. The number of nitrogens with zero attached hydrogens (tertiary/aromatic N) is 3. The van der Waals surface area contributed by atoms with Gasteiger partial charge < -0.3 is 9.64 Å². The molecule has 1 aromatic rings. The Bertz CT molecular complexity index is 543. The van der Waals surface area contributed by atoms with Gasteiger partial charge >= 0.3 is 5.97 Å². The molecular weight excluding hydrogens is 282 g/mol. The zero-order chi connectivity index (χ0) is 16.3. The molecule has 0 saturated carbocycles. The summed E-state index contributed by atoms with van der Waals surface area (Å²) in [6.07, 6.45) is 1.32. The molecule has 2 rings (SSSR count). The fourth-order valence-corrected chi connectivity index (χ4v) is 2.87. The van der Waals surface area contributed by atoms with E-state index >= 15 is 0 Å². The minimum Gasteiger partial charge on any atom is -0.466 e. The highest BCUT2D eigenvalue weighted by Gasteiger charge is 2.29. The average Bonchev–Trinajstić information content (AvgIpc) is 2.89. The van der Waals surface area contributed by atoms with Gasteiger partial charge in [0.1, 0.15) is 0 Å². The zero-order valence-electron chi connectivity index (χ0n) is 13.8. The highest BCUT2D eigenvalue weighted by atomic mass is 16.5. The van der Waals surface area contributed by atoms with Crippen LogP contribution in [0, 0.1) is 5.92 Å². The van der Waals surface area contributed by atoms with Crippen LogP contribution in [0.3, 0.4) is 0 Å². The van der Waals surface area contributed by atoms with Crippen LogP contribution in [0.25, 0.3) is 0 Å². The van der Waals surface area contributed by atoms with Gasteiger partial charge in [-0.3, -0.25) is 14.3 Å². The summed E-state index contributed by atoms with van der Waals surface area (Å²) in [6.45, 7) is 7.53. The number of aryl methyl sites for hydroxylation is 1.